The van der Waals surface area contributed by atoms with Gasteiger partial charge in [-0.1, -0.05) is 6.92 Å². The molecule has 110 valence electrons. The number of likely N-dealkylation sites (tertiary alicyclic amines) is 1. The van der Waals surface area contributed by atoms with Crippen molar-refractivity contribution in [2.45, 2.75) is 59.1 Å². The van der Waals surface area contributed by atoms with Gasteiger partial charge in [-0.2, -0.15) is 0 Å². The van der Waals surface area contributed by atoms with E-state index >= 15 is 0 Å². The van der Waals surface area contributed by atoms with Crippen LogP contribution in [0.5, 0.6) is 0 Å². The van der Waals surface area contributed by atoms with Crippen molar-refractivity contribution in [2.75, 3.05) is 13.1 Å². The molecule has 1 fully saturated rings. The van der Waals surface area contributed by atoms with Gasteiger partial charge in [0, 0.05) is 13.1 Å². The molecule has 0 aromatic carbocycles. The summed E-state index contributed by atoms with van der Waals surface area (Å²) < 4.78 is 5.24. The number of amides is 2. The van der Waals surface area contributed by atoms with Crippen molar-refractivity contribution in [2.24, 2.45) is 5.92 Å². The lowest BCUT2D eigenvalue weighted by molar-refractivity contribution is -0.156. The van der Waals surface area contributed by atoms with Crippen LogP contribution in [0.2, 0.25) is 0 Å². The Labute approximate surface area is 115 Å². The molecule has 0 radical (unpaired) electrons. The van der Waals surface area contributed by atoms with Crippen molar-refractivity contribution in [3.8, 4) is 0 Å². The average molecular weight is 270 g/mol. The Balaban J connectivity index is 2.45. The second-order valence-corrected chi connectivity index (χ2v) is 6.40. The first-order valence-corrected chi connectivity index (χ1v) is 6.97. The highest BCUT2D eigenvalue weighted by molar-refractivity contribution is 5.83. The van der Waals surface area contributed by atoms with Gasteiger partial charge in [-0.3, -0.25) is 0 Å². The predicted octanol–water partition coefficient (Wildman–Crippen LogP) is 2.16. The van der Waals surface area contributed by atoms with E-state index in [4.69, 9.17) is 4.74 Å². The van der Waals surface area contributed by atoms with E-state index in [0.717, 1.165) is 25.9 Å². The maximum absolute atomic E-state index is 12.0. The molecular formula is C14H26N2O3. The normalized spacial score (nSPS) is 21.7. The van der Waals surface area contributed by atoms with Crippen LogP contribution in [0, 0.1) is 5.92 Å². The van der Waals surface area contributed by atoms with Crippen LogP contribution < -0.4 is 5.32 Å². The van der Waals surface area contributed by atoms with Gasteiger partial charge < -0.3 is 15.0 Å². The smallest absolute Gasteiger partial charge is 0.328 e. The van der Waals surface area contributed by atoms with Crippen LogP contribution in [-0.4, -0.2) is 41.6 Å². The standard InChI is InChI=1S/C14H26N2O3/c1-10-7-6-8-16(9-10)13(18)15-11(2)12(17)19-14(3,4)5/h10-11H,6-9H2,1-5H3,(H,15,18)/t10?,11-/m0/s1. The zero-order valence-corrected chi connectivity index (χ0v) is 12.7. The Morgan fingerprint density at radius 1 is 1.37 bits per heavy atom. The molecule has 1 aliphatic rings. The van der Waals surface area contributed by atoms with E-state index in [1.807, 2.05) is 20.8 Å². The summed E-state index contributed by atoms with van der Waals surface area (Å²) >= 11 is 0. The molecule has 19 heavy (non-hydrogen) atoms. The van der Waals surface area contributed by atoms with Gasteiger partial charge in [-0.15, -0.1) is 0 Å². The Hall–Kier alpha value is -1.26. The number of rotatable bonds is 2. The molecule has 0 aliphatic carbocycles. The van der Waals surface area contributed by atoms with Gasteiger partial charge in [0.25, 0.3) is 0 Å². The van der Waals surface area contributed by atoms with Gasteiger partial charge in [0.2, 0.25) is 0 Å². The number of ether oxygens (including phenoxy) is 1. The topological polar surface area (TPSA) is 58.6 Å². The molecule has 1 heterocycles. The molecule has 2 amide bonds. The molecule has 5 heteroatoms. The van der Waals surface area contributed by atoms with E-state index in [2.05, 4.69) is 12.2 Å². The number of carbonyl (C=O) groups excluding carboxylic acids is 2. The quantitative estimate of drug-likeness (QED) is 0.782. The van der Waals surface area contributed by atoms with Crippen molar-refractivity contribution in [1.82, 2.24) is 10.2 Å². The lowest BCUT2D eigenvalue weighted by atomic mass is 10.0. The third kappa shape index (κ3) is 5.49. The minimum atomic E-state index is -0.621. The zero-order chi connectivity index (χ0) is 14.6. The Bertz CT molecular complexity index is 336. The van der Waals surface area contributed by atoms with E-state index in [0.29, 0.717) is 5.92 Å². The van der Waals surface area contributed by atoms with E-state index in [9.17, 15) is 9.59 Å². The number of urea groups is 1. The molecule has 0 bridgehead atoms. The van der Waals surface area contributed by atoms with Gasteiger partial charge in [0.1, 0.15) is 11.6 Å². The number of carbonyl (C=O) groups is 2. The predicted molar refractivity (Wildman–Crippen MR) is 73.8 cm³/mol. The molecule has 0 aromatic rings. The molecule has 1 saturated heterocycles. The fourth-order valence-corrected chi connectivity index (χ4v) is 2.10. The average Bonchev–Trinajstić information content (AvgIpc) is 2.26. The summed E-state index contributed by atoms with van der Waals surface area (Å²) in [6.45, 7) is 10.7. The maximum atomic E-state index is 12.0. The minimum absolute atomic E-state index is 0.176. The van der Waals surface area contributed by atoms with Crippen molar-refractivity contribution in [3.63, 3.8) is 0 Å². The first-order chi connectivity index (χ1) is 8.69. The lowest BCUT2D eigenvalue weighted by Crippen LogP contribution is -2.50. The fraction of sp³-hybridized carbons (Fsp3) is 0.857. The first-order valence-electron chi connectivity index (χ1n) is 6.97. The molecule has 0 spiro atoms. The van der Waals surface area contributed by atoms with E-state index in [1.54, 1.807) is 11.8 Å². The molecule has 1 rings (SSSR count). The van der Waals surface area contributed by atoms with E-state index in [1.165, 1.54) is 0 Å². The van der Waals surface area contributed by atoms with Gasteiger partial charge in [0.15, 0.2) is 0 Å². The van der Waals surface area contributed by atoms with Crippen LogP contribution in [-0.2, 0) is 9.53 Å². The van der Waals surface area contributed by atoms with E-state index < -0.39 is 17.6 Å². The summed E-state index contributed by atoms with van der Waals surface area (Å²) in [6, 6.07) is -0.797. The van der Waals surface area contributed by atoms with Crippen molar-refractivity contribution in [3.05, 3.63) is 0 Å². The molecular weight excluding hydrogens is 244 g/mol. The number of nitrogens with zero attached hydrogens (tertiary/aromatic N) is 1. The van der Waals surface area contributed by atoms with E-state index in [-0.39, 0.29) is 6.03 Å². The SMILES string of the molecule is CC1CCCN(C(=O)N[C@@H](C)C(=O)OC(C)(C)C)C1. The van der Waals surface area contributed by atoms with Gasteiger partial charge in [0.05, 0.1) is 0 Å². The summed E-state index contributed by atoms with van der Waals surface area (Å²) in [7, 11) is 0. The molecule has 0 aromatic heterocycles. The number of nitrogens with one attached hydrogen (secondary N) is 1. The Morgan fingerprint density at radius 2 is 2.00 bits per heavy atom. The van der Waals surface area contributed by atoms with Gasteiger partial charge in [-0.25, -0.2) is 9.59 Å². The van der Waals surface area contributed by atoms with Gasteiger partial charge >= 0.3 is 12.0 Å². The third-order valence-corrected chi connectivity index (χ3v) is 3.04. The van der Waals surface area contributed by atoms with Crippen molar-refractivity contribution in [1.29, 1.82) is 0 Å². The number of hydrogen-bond donors (Lipinski definition) is 1. The minimum Gasteiger partial charge on any atom is -0.458 e. The fourth-order valence-electron chi connectivity index (χ4n) is 2.10. The van der Waals surface area contributed by atoms with Crippen LogP contribution >= 0.6 is 0 Å². The maximum Gasteiger partial charge on any atom is 0.328 e. The van der Waals surface area contributed by atoms with Crippen molar-refractivity contribution < 1.29 is 14.3 Å². The number of piperidine rings is 1. The van der Waals surface area contributed by atoms with Crippen LogP contribution in [0.4, 0.5) is 4.79 Å². The molecule has 1 unspecified atom stereocenters. The number of esters is 1. The zero-order valence-electron chi connectivity index (χ0n) is 12.7. The lowest BCUT2D eigenvalue weighted by Gasteiger charge is -2.32. The summed E-state index contributed by atoms with van der Waals surface area (Å²) in [5.74, 6) is 0.127. The Morgan fingerprint density at radius 3 is 2.53 bits per heavy atom. The van der Waals surface area contributed by atoms with Crippen LogP contribution in [0.3, 0.4) is 0 Å². The Kier molecular flexibility index (Phi) is 5.20. The summed E-state index contributed by atoms with van der Waals surface area (Å²) in [6.07, 6.45) is 2.18. The van der Waals surface area contributed by atoms with Crippen LogP contribution in [0.15, 0.2) is 0 Å². The van der Waals surface area contributed by atoms with Crippen LogP contribution in [0.1, 0.15) is 47.5 Å². The number of hydrogen-bond acceptors (Lipinski definition) is 3. The second-order valence-electron chi connectivity index (χ2n) is 6.40. The monoisotopic (exact) mass is 270 g/mol. The molecule has 5 nitrogen and oxygen atoms in total. The summed E-state index contributed by atoms with van der Waals surface area (Å²) in [5, 5.41) is 2.70. The van der Waals surface area contributed by atoms with Crippen LogP contribution in [0.25, 0.3) is 0 Å². The summed E-state index contributed by atoms with van der Waals surface area (Å²) in [5.41, 5.74) is -0.532. The highest BCUT2D eigenvalue weighted by atomic mass is 16.6. The highest BCUT2D eigenvalue weighted by Crippen LogP contribution is 2.15. The molecule has 1 N–H and O–H groups in total. The van der Waals surface area contributed by atoms with Gasteiger partial charge in [-0.05, 0) is 46.5 Å². The second kappa shape index (κ2) is 6.26. The largest absolute Gasteiger partial charge is 0.458 e. The summed E-state index contributed by atoms with van der Waals surface area (Å²) in [4.78, 5) is 25.6. The van der Waals surface area contributed by atoms with Crippen molar-refractivity contribution >= 4 is 12.0 Å². The third-order valence-electron chi connectivity index (χ3n) is 3.04. The molecule has 2 atom stereocenters. The molecule has 0 saturated carbocycles. The first kappa shape index (κ1) is 15.8. The highest BCUT2D eigenvalue weighted by Gasteiger charge is 2.26. The molecule has 1 aliphatic heterocycles.